The highest BCUT2D eigenvalue weighted by Crippen LogP contribution is 2.25. The lowest BCUT2D eigenvalue weighted by atomic mass is 10.2. The van der Waals surface area contributed by atoms with E-state index in [2.05, 4.69) is 15.5 Å². The molecule has 1 aromatic carbocycles. The molecule has 7 nitrogen and oxygen atoms in total. The molecule has 3 aromatic rings. The van der Waals surface area contributed by atoms with Gasteiger partial charge >= 0.3 is 0 Å². The number of hydrogen-bond donors (Lipinski definition) is 2. The number of nitrogen functional groups attached to an aromatic ring is 1. The number of carbonyl (C=O) groups is 1. The molecular formula is C15H11ClN6OS2. The van der Waals surface area contributed by atoms with Gasteiger partial charge in [-0.25, -0.2) is 4.68 Å². The van der Waals surface area contributed by atoms with Crippen LogP contribution in [0.1, 0.15) is 5.56 Å². The van der Waals surface area contributed by atoms with Gasteiger partial charge in [0, 0.05) is 5.02 Å². The summed E-state index contributed by atoms with van der Waals surface area (Å²) in [6.45, 7) is 0. The van der Waals surface area contributed by atoms with E-state index in [1.54, 1.807) is 12.1 Å². The van der Waals surface area contributed by atoms with E-state index in [1.165, 1.54) is 22.1 Å². The zero-order chi connectivity index (χ0) is 17.8. The van der Waals surface area contributed by atoms with Crippen molar-refractivity contribution in [2.45, 2.75) is 5.16 Å². The van der Waals surface area contributed by atoms with Gasteiger partial charge in [-0.2, -0.15) is 5.26 Å². The molecule has 126 valence electrons. The van der Waals surface area contributed by atoms with Crippen LogP contribution in [0.3, 0.4) is 0 Å². The number of nitrogens with zero attached hydrogens (tertiary/aromatic N) is 4. The highest BCUT2D eigenvalue weighted by atomic mass is 35.5. The van der Waals surface area contributed by atoms with Crippen molar-refractivity contribution < 1.29 is 4.79 Å². The Kier molecular flexibility index (Phi) is 5.23. The van der Waals surface area contributed by atoms with Gasteiger partial charge in [0.1, 0.15) is 6.07 Å². The average Bonchev–Trinajstić information content (AvgIpc) is 3.23. The normalized spacial score (nSPS) is 10.4. The molecule has 1 amide bonds. The standard InChI is InChI=1S/C15H11ClN6OS2/c16-10-4-3-9(7-17)11(6-10)19-13(23)8-25-15-21-20-14(22(15)18)12-2-1-5-24-12/h1-6H,8,18H2,(H,19,23). The molecule has 0 atom stereocenters. The maximum atomic E-state index is 12.1. The molecule has 25 heavy (non-hydrogen) atoms. The topological polar surface area (TPSA) is 110 Å². The Bertz CT molecular complexity index is 948. The second-order valence-electron chi connectivity index (χ2n) is 4.79. The second-order valence-corrected chi connectivity index (χ2v) is 7.12. The molecule has 0 saturated heterocycles. The summed E-state index contributed by atoms with van der Waals surface area (Å²) in [4.78, 5) is 13.0. The predicted octanol–water partition coefficient (Wildman–Crippen LogP) is 2.98. The number of rotatable bonds is 5. The number of amides is 1. The van der Waals surface area contributed by atoms with Crippen LogP contribution in [0.15, 0.2) is 40.9 Å². The van der Waals surface area contributed by atoms with Crippen LogP contribution in [0.2, 0.25) is 5.02 Å². The van der Waals surface area contributed by atoms with Gasteiger partial charge in [-0.15, -0.1) is 21.5 Å². The van der Waals surface area contributed by atoms with Crippen molar-refractivity contribution in [3.8, 4) is 16.8 Å². The fourth-order valence-electron chi connectivity index (χ4n) is 1.98. The van der Waals surface area contributed by atoms with Crippen LogP contribution in [0, 0.1) is 11.3 Å². The van der Waals surface area contributed by atoms with E-state index in [-0.39, 0.29) is 11.7 Å². The molecule has 3 N–H and O–H groups in total. The largest absolute Gasteiger partial charge is 0.335 e. The Hall–Kier alpha value is -2.54. The average molecular weight is 391 g/mol. The SMILES string of the molecule is N#Cc1ccc(Cl)cc1NC(=O)CSc1nnc(-c2cccs2)n1N. The number of carbonyl (C=O) groups excluding carboxylic acids is 1. The minimum Gasteiger partial charge on any atom is -0.335 e. The minimum atomic E-state index is -0.301. The fourth-order valence-corrected chi connectivity index (χ4v) is 3.52. The zero-order valence-electron chi connectivity index (χ0n) is 12.6. The predicted molar refractivity (Wildman–Crippen MR) is 99.0 cm³/mol. The van der Waals surface area contributed by atoms with Crippen LogP contribution in [0.5, 0.6) is 0 Å². The van der Waals surface area contributed by atoms with E-state index in [0.29, 0.717) is 27.3 Å². The summed E-state index contributed by atoms with van der Waals surface area (Å²) in [6, 6.07) is 10.5. The van der Waals surface area contributed by atoms with Crippen molar-refractivity contribution in [1.82, 2.24) is 14.9 Å². The van der Waals surface area contributed by atoms with E-state index in [1.807, 2.05) is 23.6 Å². The number of halogens is 1. The molecule has 3 rings (SSSR count). The maximum Gasteiger partial charge on any atom is 0.234 e. The molecule has 0 fully saturated rings. The van der Waals surface area contributed by atoms with Crippen LogP contribution in [-0.4, -0.2) is 26.5 Å². The number of nitrogens with two attached hydrogens (primary N) is 1. The molecule has 0 radical (unpaired) electrons. The van der Waals surface area contributed by atoms with Crippen molar-refractivity contribution in [3.63, 3.8) is 0 Å². The lowest BCUT2D eigenvalue weighted by Gasteiger charge is -2.07. The Morgan fingerprint density at radius 1 is 1.44 bits per heavy atom. The van der Waals surface area contributed by atoms with Crippen molar-refractivity contribution in [3.05, 3.63) is 46.3 Å². The Morgan fingerprint density at radius 2 is 2.28 bits per heavy atom. The molecule has 0 bridgehead atoms. The summed E-state index contributed by atoms with van der Waals surface area (Å²) in [7, 11) is 0. The molecular weight excluding hydrogens is 380 g/mol. The van der Waals surface area contributed by atoms with Gasteiger partial charge < -0.3 is 11.2 Å². The molecule has 0 aliphatic heterocycles. The zero-order valence-corrected chi connectivity index (χ0v) is 15.0. The first-order valence-corrected chi connectivity index (χ1v) is 9.19. The second kappa shape index (κ2) is 7.57. The molecule has 10 heteroatoms. The van der Waals surface area contributed by atoms with Gasteiger partial charge in [-0.1, -0.05) is 29.4 Å². The van der Waals surface area contributed by atoms with E-state index < -0.39 is 0 Å². The lowest BCUT2D eigenvalue weighted by Crippen LogP contribution is -2.17. The number of aromatic nitrogens is 3. The van der Waals surface area contributed by atoms with Crippen LogP contribution in [0.25, 0.3) is 10.7 Å². The highest BCUT2D eigenvalue weighted by molar-refractivity contribution is 7.99. The van der Waals surface area contributed by atoms with Gasteiger partial charge in [0.15, 0.2) is 5.82 Å². The number of anilines is 1. The summed E-state index contributed by atoms with van der Waals surface area (Å²) in [6.07, 6.45) is 0. The van der Waals surface area contributed by atoms with Crippen LogP contribution in [-0.2, 0) is 4.79 Å². The van der Waals surface area contributed by atoms with Gasteiger partial charge in [-0.3, -0.25) is 4.79 Å². The first kappa shape index (κ1) is 17.3. The van der Waals surface area contributed by atoms with E-state index in [0.717, 1.165) is 16.6 Å². The third-order valence-corrected chi connectivity index (χ3v) is 5.16. The molecule has 0 aliphatic carbocycles. The molecule has 2 aromatic heterocycles. The number of nitriles is 1. The van der Waals surface area contributed by atoms with Crippen molar-refractivity contribution >= 4 is 46.3 Å². The first-order valence-electron chi connectivity index (χ1n) is 6.95. The van der Waals surface area contributed by atoms with E-state index >= 15 is 0 Å². The van der Waals surface area contributed by atoms with Gasteiger partial charge in [0.05, 0.1) is 21.9 Å². The fraction of sp³-hybridized carbons (Fsp3) is 0.0667. The molecule has 0 spiro atoms. The number of thiophene rings is 1. The Morgan fingerprint density at radius 3 is 3.00 bits per heavy atom. The molecule has 0 aliphatic rings. The van der Waals surface area contributed by atoms with E-state index in [4.69, 9.17) is 22.7 Å². The van der Waals surface area contributed by atoms with Gasteiger partial charge in [-0.05, 0) is 29.6 Å². The molecule has 0 saturated carbocycles. The van der Waals surface area contributed by atoms with Crippen LogP contribution in [0.4, 0.5) is 5.69 Å². The third-order valence-electron chi connectivity index (χ3n) is 3.11. The molecule has 2 heterocycles. The van der Waals surface area contributed by atoms with Gasteiger partial charge in [0.2, 0.25) is 11.1 Å². The third kappa shape index (κ3) is 3.93. The monoisotopic (exact) mass is 390 g/mol. The minimum absolute atomic E-state index is 0.0666. The number of thioether (sulfide) groups is 1. The van der Waals surface area contributed by atoms with Crippen LogP contribution < -0.4 is 11.2 Å². The number of hydrogen-bond acceptors (Lipinski definition) is 7. The summed E-state index contributed by atoms with van der Waals surface area (Å²) in [5.74, 6) is 6.29. The highest BCUT2D eigenvalue weighted by Gasteiger charge is 2.15. The Labute approximate surface area is 156 Å². The van der Waals surface area contributed by atoms with Gasteiger partial charge in [0.25, 0.3) is 0 Å². The van der Waals surface area contributed by atoms with E-state index in [9.17, 15) is 4.79 Å². The summed E-state index contributed by atoms with van der Waals surface area (Å²) >= 11 is 8.55. The Balaban J connectivity index is 1.66. The quantitative estimate of drug-likeness (QED) is 0.512. The van der Waals surface area contributed by atoms with Crippen molar-refractivity contribution in [1.29, 1.82) is 5.26 Å². The molecule has 0 unspecified atom stereocenters. The summed E-state index contributed by atoms with van der Waals surface area (Å²) < 4.78 is 1.35. The van der Waals surface area contributed by atoms with Crippen LogP contribution >= 0.6 is 34.7 Å². The number of nitrogens with one attached hydrogen (secondary N) is 1. The first-order chi connectivity index (χ1) is 12.1. The lowest BCUT2D eigenvalue weighted by molar-refractivity contribution is -0.113. The smallest absolute Gasteiger partial charge is 0.234 e. The number of benzene rings is 1. The summed E-state index contributed by atoms with van der Waals surface area (Å²) in [5.41, 5.74) is 0.707. The maximum absolute atomic E-state index is 12.1. The summed E-state index contributed by atoms with van der Waals surface area (Å²) in [5, 5.41) is 22.6. The van der Waals surface area contributed by atoms with Crippen molar-refractivity contribution in [2.75, 3.05) is 16.9 Å². The van der Waals surface area contributed by atoms with Crippen molar-refractivity contribution in [2.24, 2.45) is 0 Å².